The molecule has 0 radical (unpaired) electrons. The number of rotatable bonds is 6. The van der Waals surface area contributed by atoms with E-state index >= 15 is 0 Å². The normalized spacial score (nSPS) is 14.5. The number of ether oxygens (including phenoxy) is 1. The predicted octanol–water partition coefficient (Wildman–Crippen LogP) is 3.07. The van der Waals surface area contributed by atoms with Gasteiger partial charge in [0.2, 0.25) is 5.88 Å². The van der Waals surface area contributed by atoms with Crippen LogP contribution in [0.2, 0.25) is 0 Å². The minimum absolute atomic E-state index is 0.134. The quantitative estimate of drug-likeness (QED) is 0.719. The highest BCUT2D eigenvalue weighted by atomic mass is 35.5. The average molecular weight is 243 g/mol. The molecule has 0 N–H and O–H groups in total. The lowest BCUT2D eigenvalue weighted by Crippen LogP contribution is -2.10. The lowest BCUT2D eigenvalue weighted by atomic mass is 10.0. The molecule has 0 aromatic carbocycles. The van der Waals surface area contributed by atoms with E-state index in [4.69, 9.17) is 16.3 Å². The third kappa shape index (κ3) is 4.35. The zero-order chi connectivity index (χ0) is 12.0. The van der Waals surface area contributed by atoms with Crippen molar-refractivity contribution in [3.05, 3.63) is 18.1 Å². The third-order valence-electron chi connectivity index (χ3n) is 2.69. The molecular weight excluding hydrogens is 224 g/mol. The molecule has 0 aliphatic carbocycles. The van der Waals surface area contributed by atoms with Crippen molar-refractivity contribution in [2.24, 2.45) is 5.92 Å². The molecule has 0 aliphatic heterocycles. The molecule has 0 saturated heterocycles. The van der Waals surface area contributed by atoms with Gasteiger partial charge in [-0.15, -0.1) is 11.6 Å². The minimum Gasteiger partial charge on any atom is -0.481 e. The molecule has 1 heterocycles. The fourth-order valence-corrected chi connectivity index (χ4v) is 1.98. The average Bonchev–Trinajstić information content (AvgIpc) is 2.28. The van der Waals surface area contributed by atoms with Crippen molar-refractivity contribution in [1.82, 2.24) is 9.97 Å². The zero-order valence-corrected chi connectivity index (χ0v) is 10.9. The van der Waals surface area contributed by atoms with E-state index in [1.807, 2.05) is 6.07 Å². The van der Waals surface area contributed by atoms with Gasteiger partial charge in [0.15, 0.2) is 0 Å². The van der Waals surface area contributed by atoms with Crippen molar-refractivity contribution in [3.63, 3.8) is 0 Å². The Bertz CT molecular complexity index is 320. The summed E-state index contributed by atoms with van der Waals surface area (Å²) >= 11 is 6.28. The SMILES string of the molecule is CCC(C)CC(Cl)Cc1cc(OC)ncn1. The number of alkyl halides is 1. The molecule has 16 heavy (non-hydrogen) atoms. The first kappa shape index (κ1) is 13.2. The number of hydrogen-bond acceptors (Lipinski definition) is 3. The summed E-state index contributed by atoms with van der Waals surface area (Å²) in [6, 6.07) is 1.84. The van der Waals surface area contributed by atoms with Gasteiger partial charge in [-0.1, -0.05) is 20.3 Å². The first-order valence-electron chi connectivity index (χ1n) is 5.64. The Hall–Kier alpha value is -0.830. The van der Waals surface area contributed by atoms with E-state index < -0.39 is 0 Å². The highest BCUT2D eigenvalue weighted by Crippen LogP contribution is 2.18. The standard InChI is InChI=1S/C12H19ClN2O/c1-4-9(2)5-10(13)6-11-7-12(16-3)15-8-14-11/h7-10H,4-6H2,1-3H3. The maximum Gasteiger partial charge on any atom is 0.216 e. The Kier molecular flexibility index (Phi) is 5.53. The van der Waals surface area contributed by atoms with Gasteiger partial charge in [-0.25, -0.2) is 9.97 Å². The van der Waals surface area contributed by atoms with E-state index in [1.54, 1.807) is 7.11 Å². The number of hydrogen-bond donors (Lipinski definition) is 0. The van der Waals surface area contributed by atoms with Gasteiger partial charge in [-0.3, -0.25) is 0 Å². The lowest BCUT2D eigenvalue weighted by Gasteiger charge is -2.13. The number of nitrogens with zero attached hydrogens (tertiary/aromatic N) is 2. The van der Waals surface area contributed by atoms with E-state index in [2.05, 4.69) is 23.8 Å². The first-order valence-corrected chi connectivity index (χ1v) is 6.08. The molecule has 4 heteroatoms. The predicted molar refractivity (Wildman–Crippen MR) is 66.0 cm³/mol. The summed E-state index contributed by atoms with van der Waals surface area (Å²) < 4.78 is 5.04. The van der Waals surface area contributed by atoms with Crippen LogP contribution in [0, 0.1) is 5.92 Å². The Labute approximate surface area is 102 Å². The largest absolute Gasteiger partial charge is 0.481 e. The van der Waals surface area contributed by atoms with Crippen LogP contribution in [-0.2, 0) is 6.42 Å². The lowest BCUT2D eigenvalue weighted by molar-refractivity contribution is 0.395. The smallest absolute Gasteiger partial charge is 0.216 e. The number of methoxy groups -OCH3 is 1. The summed E-state index contributed by atoms with van der Waals surface area (Å²) in [5.74, 6) is 1.25. The molecule has 0 amide bonds. The molecule has 90 valence electrons. The van der Waals surface area contributed by atoms with Crippen LogP contribution in [0.1, 0.15) is 32.4 Å². The molecule has 0 bridgehead atoms. The second-order valence-electron chi connectivity index (χ2n) is 4.10. The van der Waals surface area contributed by atoms with Crippen molar-refractivity contribution >= 4 is 11.6 Å². The molecule has 3 nitrogen and oxygen atoms in total. The summed E-state index contributed by atoms with van der Waals surface area (Å²) in [4.78, 5) is 8.15. The number of aromatic nitrogens is 2. The molecule has 0 saturated carbocycles. The molecule has 1 aromatic heterocycles. The fraction of sp³-hybridized carbons (Fsp3) is 0.667. The van der Waals surface area contributed by atoms with E-state index in [-0.39, 0.29) is 5.38 Å². The molecule has 0 spiro atoms. The van der Waals surface area contributed by atoms with Gasteiger partial charge in [0, 0.05) is 23.6 Å². The second kappa shape index (κ2) is 6.69. The van der Waals surface area contributed by atoms with Gasteiger partial charge >= 0.3 is 0 Å². The van der Waals surface area contributed by atoms with Crippen LogP contribution in [0.5, 0.6) is 5.88 Å². The van der Waals surface area contributed by atoms with Crippen LogP contribution < -0.4 is 4.74 Å². The third-order valence-corrected chi connectivity index (χ3v) is 3.03. The van der Waals surface area contributed by atoms with E-state index in [0.29, 0.717) is 11.8 Å². The van der Waals surface area contributed by atoms with Crippen LogP contribution in [0.4, 0.5) is 0 Å². The van der Waals surface area contributed by atoms with Crippen LogP contribution in [0.3, 0.4) is 0 Å². The van der Waals surface area contributed by atoms with Crippen molar-refractivity contribution in [2.75, 3.05) is 7.11 Å². The van der Waals surface area contributed by atoms with Gasteiger partial charge in [-0.05, 0) is 12.3 Å². The Morgan fingerprint density at radius 1 is 1.44 bits per heavy atom. The van der Waals surface area contributed by atoms with Gasteiger partial charge < -0.3 is 4.74 Å². The molecule has 1 aromatic rings. The Balaban J connectivity index is 2.51. The second-order valence-corrected chi connectivity index (χ2v) is 4.72. The molecular formula is C12H19ClN2O. The van der Waals surface area contributed by atoms with Crippen molar-refractivity contribution in [3.8, 4) is 5.88 Å². The van der Waals surface area contributed by atoms with Gasteiger partial charge in [-0.2, -0.15) is 0 Å². The van der Waals surface area contributed by atoms with E-state index in [1.165, 1.54) is 6.33 Å². The van der Waals surface area contributed by atoms with Crippen LogP contribution >= 0.6 is 11.6 Å². The van der Waals surface area contributed by atoms with E-state index in [9.17, 15) is 0 Å². The molecule has 2 atom stereocenters. The van der Waals surface area contributed by atoms with Gasteiger partial charge in [0.05, 0.1) is 7.11 Å². The fourth-order valence-electron chi connectivity index (χ4n) is 1.51. The molecule has 2 unspecified atom stereocenters. The molecule has 1 rings (SSSR count). The van der Waals surface area contributed by atoms with Crippen molar-refractivity contribution < 1.29 is 4.74 Å². The monoisotopic (exact) mass is 242 g/mol. The summed E-state index contributed by atoms with van der Waals surface area (Å²) in [5, 5.41) is 0.134. The minimum atomic E-state index is 0.134. The summed E-state index contributed by atoms with van der Waals surface area (Å²) in [6.07, 6.45) is 4.46. The first-order chi connectivity index (χ1) is 7.65. The summed E-state index contributed by atoms with van der Waals surface area (Å²) in [6.45, 7) is 4.40. The maximum absolute atomic E-state index is 6.28. The highest BCUT2D eigenvalue weighted by Gasteiger charge is 2.11. The molecule has 0 aliphatic rings. The van der Waals surface area contributed by atoms with Gasteiger partial charge in [0.1, 0.15) is 6.33 Å². The molecule has 0 fully saturated rings. The topological polar surface area (TPSA) is 35.0 Å². The van der Waals surface area contributed by atoms with Crippen LogP contribution in [0.25, 0.3) is 0 Å². The summed E-state index contributed by atoms with van der Waals surface area (Å²) in [7, 11) is 1.60. The number of halogens is 1. The van der Waals surface area contributed by atoms with Crippen molar-refractivity contribution in [1.29, 1.82) is 0 Å². The van der Waals surface area contributed by atoms with Crippen LogP contribution in [-0.4, -0.2) is 22.5 Å². The Morgan fingerprint density at radius 2 is 2.19 bits per heavy atom. The van der Waals surface area contributed by atoms with Crippen LogP contribution in [0.15, 0.2) is 12.4 Å². The van der Waals surface area contributed by atoms with E-state index in [0.717, 1.165) is 25.0 Å². The zero-order valence-electron chi connectivity index (χ0n) is 10.1. The van der Waals surface area contributed by atoms with Crippen molar-refractivity contribution in [2.45, 2.75) is 38.5 Å². The maximum atomic E-state index is 6.28. The summed E-state index contributed by atoms with van der Waals surface area (Å²) in [5.41, 5.74) is 0.940. The highest BCUT2D eigenvalue weighted by molar-refractivity contribution is 6.20. The van der Waals surface area contributed by atoms with Gasteiger partial charge in [0.25, 0.3) is 0 Å². The Morgan fingerprint density at radius 3 is 2.81 bits per heavy atom.